The van der Waals surface area contributed by atoms with E-state index in [1.165, 1.54) is 16.9 Å². The van der Waals surface area contributed by atoms with Crippen LogP contribution in [0.2, 0.25) is 5.02 Å². The Hall–Kier alpha value is -1.14. The summed E-state index contributed by atoms with van der Waals surface area (Å²) in [7, 11) is 0. The fourth-order valence-electron chi connectivity index (χ4n) is 1.54. The molecule has 0 unspecified atom stereocenters. The Morgan fingerprint density at radius 1 is 1.67 bits per heavy atom. The first-order valence-corrected chi connectivity index (χ1v) is 6.36. The number of fused-ring (bicyclic) bond motifs is 1. The zero-order valence-electron chi connectivity index (χ0n) is 9.41. The van der Waals surface area contributed by atoms with Crippen molar-refractivity contribution in [2.75, 3.05) is 6.61 Å². The van der Waals surface area contributed by atoms with Gasteiger partial charge < -0.3 is 4.74 Å². The molecule has 0 N–H and O–H groups in total. The number of aromatic nitrogens is 2. The highest BCUT2D eigenvalue weighted by atomic mass is 79.9. The minimum atomic E-state index is -0.448. The van der Waals surface area contributed by atoms with Crippen LogP contribution >= 0.6 is 27.5 Å². The number of carbonyl (C=O) groups excluding carboxylic acids is 1. The van der Waals surface area contributed by atoms with Crippen molar-refractivity contribution in [3.63, 3.8) is 0 Å². The van der Waals surface area contributed by atoms with Crippen LogP contribution in [0.4, 0.5) is 4.39 Å². The fraction of sp³-hybridized carbons (Fsp3) is 0.273. The van der Waals surface area contributed by atoms with Crippen molar-refractivity contribution in [1.29, 1.82) is 0 Å². The summed E-state index contributed by atoms with van der Waals surface area (Å²) in [5.74, 6) is -0.878. The molecule has 1 heterocycles. The summed E-state index contributed by atoms with van der Waals surface area (Å²) in [6.45, 7) is 1.93. The van der Waals surface area contributed by atoms with Crippen molar-refractivity contribution in [2.24, 2.45) is 0 Å². The lowest BCUT2D eigenvalue weighted by atomic mass is 10.2. The van der Waals surface area contributed by atoms with Crippen LogP contribution in [0.5, 0.6) is 0 Å². The minimum Gasteiger partial charge on any atom is -0.465 e. The van der Waals surface area contributed by atoms with Crippen LogP contribution in [0.1, 0.15) is 6.92 Å². The molecule has 2 rings (SSSR count). The van der Waals surface area contributed by atoms with Crippen LogP contribution in [0.15, 0.2) is 16.7 Å². The van der Waals surface area contributed by atoms with Crippen molar-refractivity contribution in [2.45, 2.75) is 13.5 Å². The van der Waals surface area contributed by atoms with E-state index < -0.39 is 11.8 Å². The summed E-state index contributed by atoms with van der Waals surface area (Å²) in [6, 6.07) is 1.26. The van der Waals surface area contributed by atoms with Gasteiger partial charge >= 0.3 is 5.97 Å². The minimum absolute atomic E-state index is 0.0735. The van der Waals surface area contributed by atoms with Crippen LogP contribution in [0, 0.1) is 5.82 Å². The lowest BCUT2D eigenvalue weighted by Crippen LogP contribution is -2.13. The number of nitrogens with zero attached hydrogens (tertiary/aromatic N) is 2. The maximum atomic E-state index is 13.7. The van der Waals surface area contributed by atoms with E-state index in [-0.39, 0.29) is 11.9 Å². The number of carbonyl (C=O) groups is 1. The second kappa shape index (κ2) is 5.24. The lowest BCUT2D eigenvalue weighted by molar-refractivity contribution is -0.144. The van der Waals surface area contributed by atoms with Crippen molar-refractivity contribution in [3.8, 4) is 0 Å². The van der Waals surface area contributed by atoms with E-state index in [1.54, 1.807) is 6.92 Å². The zero-order chi connectivity index (χ0) is 13.3. The molecule has 0 atom stereocenters. The molecule has 0 fully saturated rings. The van der Waals surface area contributed by atoms with E-state index in [1.807, 2.05) is 0 Å². The maximum Gasteiger partial charge on any atom is 0.327 e. The van der Waals surface area contributed by atoms with E-state index in [2.05, 4.69) is 21.0 Å². The Kier molecular flexibility index (Phi) is 3.87. The van der Waals surface area contributed by atoms with Gasteiger partial charge in [0.25, 0.3) is 0 Å². The van der Waals surface area contributed by atoms with Gasteiger partial charge in [0.1, 0.15) is 17.9 Å². The summed E-state index contributed by atoms with van der Waals surface area (Å²) >= 11 is 9.14. The van der Waals surface area contributed by atoms with Gasteiger partial charge in [-0.25, -0.2) is 4.39 Å². The van der Waals surface area contributed by atoms with Gasteiger partial charge in [-0.2, -0.15) is 5.10 Å². The van der Waals surface area contributed by atoms with E-state index in [0.29, 0.717) is 21.6 Å². The summed E-state index contributed by atoms with van der Waals surface area (Å²) in [4.78, 5) is 11.3. The third-order valence-electron chi connectivity index (χ3n) is 2.29. The summed E-state index contributed by atoms with van der Waals surface area (Å²) < 4.78 is 20.2. The number of ether oxygens (including phenoxy) is 1. The highest BCUT2D eigenvalue weighted by Gasteiger charge is 2.14. The van der Waals surface area contributed by atoms with Crippen molar-refractivity contribution in [3.05, 3.63) is 27.6 Å². The van der Waals surface area contributed by atoms with Crippen molar-refractivity contribution < 1.29 is 13.9 Å². The molecule has 0 saturated carbocycles. The monoisotopic (exact) mass is 334 g/mol. The molecule has 18 heavy (non-hydrogen) atoms. The average molecular weight is 336 g/mol. The van der Waals surface area contributed by atoms with Crippen LogP contribution in [0.3, 0.4) is 0 Å². The first kappa shape index (κ1) is 13.3. The Morgan fingerprint density at radius 3 is 3.06 bits per heavy atom. The zero-order valence-corrected chi connectivity index (χ0v) is 11.8. The highest BCUT2D eigenvalue weighted by Crippen LogP contribution is 2.32. The second-order valence-electron chi connectivity index (χ2n) is 3.55. The molecule has 0 spiro atoms. The van der Waals surface area contributed by atoms with Gasteiger partial charge in [-0.1, -0.05) is 11.6 Å². The first-order valence-electron chi connectivity index (χ1n) is 5.19. The smallest absolute Gasteiger partial charge is 0.327 e. The average Bonchev–Trinajstić information content (AvgIpc) is 2.71. The molecule has 0 saturated heterocycles. The van der Waals surface area contributed by atoms with Gasteiger partial charge in [-0.3, -0.25) is 9.48 Å². The van der Waals surface area contributed by atoms with Gasteiger partial charge in [0.15, 0.2) is 0 Å². The van der Waals surface area contributed by atoms with Crippen molar-refractivity contribution in [1.82, 2.24) is 9.78 Å². The van der Waals surface area contributed by atoms with Crippen LogP contribution in [0.25, 0.3) is 10.9 Å². The molecule has 4 nitrogen and oxygen atoms in total. The highest BCUT2D eigenvalue weighted by molar-refractivity contribution is 9.10. The third kappa shape index (κ3) is 2.49. The van der Waals surface area contributed by atoms with Gasteiger partial charge in [0.05, 0.1) is 17.0 Å². The van der Waals surface area contributed by atoms with E-state index in [4.69, 9.17) is 16.3 Å². The number of hydrogen-bond acceptors (Lipinski definition) is 3. The fourth-order valence-corrected chi connectivity index (χ4v) is 2.13. The molecule has 0 aliphatic carbocycles. The number of halogens is 3. The van der Waals surface area contributed by atoms with Gasteiger partial charge in [0.2, 0.25) is 0 Å². The van der Waals surface area contributed by atoms with E-state index in [9.17, 15) is 9.18 Å². The molecule has 2 aromatic rings. The number of rotatable bonds is 3. The summed E-state index contributed by atoms with van der Waals surface area (Å²) in [6.07, 6.45) is 1.43. The standard InChI is InChI=1S/C11H9BrClFN2O2/c1-2-18-9(17)5-16-4-6-8(14)3-7(12)10(13)11(6)15-16/h3-4H,2,5H2,1H3. The molecule has 96 valence electrons. The molecule has 0 aliphatic rings. The molecule has 7 heteroatoms. The molecule has 0 bridgehead atoms. The topological polar surface area (TPSA) is 44.1 Å². The molecule has 0 amide bonds. The quantitative estimate of drug-likeness (QED) is 0.639. The van der Waals surface area contributed by atoms with Crippen molar-refractivity contribution >= 4 is 44.4 Å². The Bertz CT molecular complexity index is 615. The van der Waals surface area contributed by atoms with E-state index in [0.717, 1.165) is 0 Å². The SMILES string of the molecule is CCOC(=O)Cn1cc2c(F)cc(Br)c(Cl)c2n1. The molecule has 0 aliphatic heterocycles. The number of hydrogen-bond donors (Lipinski definition) is 0. The predicted octanol–water partition coefficient (Wildman–Crippen LogP) is 3.15. The van der Waals surface area contributed by atoms with Gasteiger partial charge in [-0.05, 0) is 28.9 Å². The number of esters is 1. The normalized spacial score (nSPS) is 10.9. The Balaban J connectivity index is 2.41. The summed E-state index contributed by atoms with van der Waals surface area (Å²) in [5, 5.41) is 4.65. The lowest BCUT2D eigenvalue weighted by Gasteiger charge is -2.00. The maximum absolute atomic E-state index is 13.7. The van der Waals surface area contributed by atoms with Gasteiger partial charge in [0, 0.05) is 10.7 Å². The van der Waals surface area contributed by atoms with Crippen LogP contribution in [-0.4, -0.2) is 22.4 Å². The number of benzene rings is 1. The Labute approximate surface area is 116 Å². The van der Waals surface area contributed by atoms with Crippen LogP contribution in [-0.2, 0) is 16.1 Å². The third-order valence-corrected chi connectivity index (χ3v) is 3.52. The molecule has 1 aromatic heterocycles. The van der Waals surface area contributed by atoms with E-state index >= 15 is 0 Å². The predicted molar refractivity (Wildman–Crippen MR) is 69.0 cm³/mol. The molecular weight excluding hydrogens is 326 g/mol. The molecule has 1 aromatic carbocycles. The first-order chi connectivity index (χ1) is 8.52. The van der Waals surface area contributed by atoms with Gasteiger partial charge in [-0.15, -0.1) is 0 Å². The molecular formula is C11H9BrClFN2O2. The Morgan fingerprint density at radius 2 is 2.39 bits per heavy atom. The molecule has 0 radical (unpaired) electrons. The summed E-state index contributed by atoms with van der Waals surface area (Å²) in [5.41, 5.74) is 0.313. The van der Waals surface area contributed by atoms with Crippen LogP contribution < -0.4 is 0 Å². The largest absolute Gasteiger partial charge is 0.465 e. The second-order valence-corrected chi connectivity index (χ2v) is 4.78.